The average molecular weight is 218 g/mol. The van der Waals surface area contributed by atoms with E-state index in [-0.39, 0.29) is 6.10 Å². The first-order valence-corrected chi connectivity index (χ1v) is 6.51. The number of benzene rings is 1. The lowest BCUT2D eigenvalue weighted by atomic mass is 9.79. The van der Waals surface area contributed by atoms with E-state index < -0.39 is 0 Å². The van der Waals surface area contributed by atoms with Gasteiger partial charge in [0.05, 0.1) is 6.10 Å². The van der Waals surface area contributed by atoms with Gasteiger partial charge in [0.1, 0.15) is 0 Å². The minimum atomic E-state index is -0.234. The van der Waals surface area contributed by atoms with Crippen molar-refractivity contribution in [3.05, 3.63) is 34.4 Å². The Balaban J connectivity index is 2.53. The van der Waals surface area contributed by atoms with Crippen LogP contribution < -0.4 is 0 Å². The number of aliphatic hydroxyl groups is 1. The smallest absolute Gasteiger partial charge is 0.0793 e. The van der Waals surface area contributed by atoms with Gasteiger partial charge in [0.15, 0.2) is 0 Å². The van der Waals surface area contributed by atoms with Crippen molar-refractivity contribution in [1.29, 1.82) is 0 Å². The second-order valence-electron chi connectivity index (χ2n) is 4.95. The van der Waals surface area contributed by atoms with Crippen LogP contribution in [0.15, 0.2) is 12.1 Å². The van der Waals surface area contributed by atoms with Crippen LogP contribution in [0.1, 0.15) is 67.9 Å². The van der Waals surface area contributed by atoms with E-state index in [1.54, 1.807) is 0 Å². The summed E-state index contributed by atoms with van der Waals surface area (Å²) in [6, 6.07) is 4.58. The fraction of sp³-hybridized carbons (Fsp3) is 0.600. The van der Waals surface area contributed by atoms with Crippen molar-refractivity contribution < 1.29 is 5.11 Å². The molecule has 1 N–H and O–H groups in total. The van der Waals surface area contributed by atoms with Crippen molar-refractivity contribution >= 4 is 0 Å². The predicted octanol–water partition coefficient (Wildman–Crippen LogP) is 3.74. The molecule has 0 aliphatic heterocycles. The summed E-state index contributed by atoms with van der Waals surface area (Å²) in [4.78, 5) is 0. The van der Waals surface area contributed by atoms with Crippen LogP contribution in [0.5, 0.6) is 0 Å². The molecule has 0 aromatic heterocycles. The summed E-state index contributed by atoms with van der Waals surface area (Å²) < 4.78 is 0. The molecule has 1 nitrogen and oxygen atoms in total. The van der Waals surface area contributed by atoms with E-state index in [1.165, 1.54) is 22.3 Å². The third kappa shape index (κ3) is 1.89. The zero-order valence-electron chi connectivity index (χ0n) is 10.6. The molecule has 1 aromatic carbocycles. The maximum absolute atomic E-state index is 10.1. The van der Waals surface area contributed by atoms with Crippen LogP contribution >= 0.6 is 0 Å². The Kier molecular flexibility index (Phi) is 3.34. The molecular formula is C15H22O. The summed E-state index contributed by atoms with van der Waals surface area (Å²) in [5.41, 5.74) is 5.44. The number of fused-ring (bicyclic) bond motifs is 1. The second kappa shape index (κ2) is 4.58. The van der Waals surface area contributed by atoms with Gasteiger partial charge in [-0.05, 0) is 53.9 Å². The highest BCUT2D eigenvalue weighted by molar-refractivity contribution is 5.42. The fourth-order valence-electron chi connectivity index (χ4n) is 2.82. The first-order valence-electron chi connectivity index (χ1n) is 6.51. The third-order valence-electron chi connectivity index (χ3n) is 3.93. The van der Waals surface area contributed by atoms with Gasteiger partial charge in [-0.3, -0.25) is 0 Å². The van der Waals surface area contributed by atoms with Crippen molar-refractivity contribution in [3.63, 3.8) is 0 Å². The number of hydrogen-bond acceptors (Lipinski definition) is 1. The summed E-state index contributed by atoms with van der Waals surface area (Å²) in [5, 5.41) is 10.1. The Hall–Kier alpha value is -0.820. The molecule has 1 heteroatoms. The van der Waals surface area contributed by atoms with Gasteiger partial charge < -0.3 is 5.11 Å². The molecule has 2 atom stereocenters. The first kappa shape index (κ1) is 11.7. The Morgan fingerprint density at radius 1 is 1.06 bits per heavy atom. The van der Waals surface area contributed by atoms with E-state index in [0.717, 1.165) is 25.7 Å². The number of hydrogen-bond donors (Lipinski definition) is 1. The van der Waals surface area contributed by atoms with Crippen LogP contribution in [-0.2, 0) is 12.8 Å². The Morgan fingerprint density at radius 2 is 1.62 bits per heavy atom. The highest BCUT2D eigenvalue weighted by Crippen LogP contribution is 2.38. The van der Waals surface area contributed by atoms with Crippen LogP contribution in [0.25, 0.3) is 0 Å². The topological polar surface area (TPSA) is 20.2 Å². The molecule has 0 saturated heterocycles. The van der Waals surface area contributed by atoms with Crippen molar-refractivity contribution in [1.82, 2.24) is 0 Å². The highest BCUT2D eigenvalue weighted by Gasteiger charge is 2.24. The standard InChI is InChI=1S/C15H22O/c1-4-11-8-13-10(3)6-7-15(16)14(13)9-12(11)5-2/h8-10,15-16H,4-7H2,1-3H3/t10?,15-/m1/s1. The number of aryl methyl sites for hydroxylation is 2. The highest BCUT2D eigenvalue weighted by atomic mass is 16.3. The van der Waals surface area contributed by atoms with Gasteiger partial charge >= 0.3 is 0 Å². The summed E-state index contributed by atoms with van der Waals surface area (Å²) >= 11 is 0. The minimum Gasteiger partial charge on any atom is -0.388 e. The molecule has 88 valence electrons. The second-order valence-corrected chi connectivity index (χ2v) is 4.95. The SMILES string of the molecule is CCc1cc2c(cc1CC)[C@H](O)CCC2C. The molecule has 0 bridgehead atoms. The number of aliphatic hydroxyl groups excluding tert-OH is 1. The molecule has 16 heavy (non-hydrogen) atoms. The summed E-state index contributed by atoms with van der Waals surface area (Å²) in [5.74, 6) is 0.606. The maximum Gasteiger partial charge on any atom is 0.0793 e. The lowest BCUT2D eigenvalue weighted by molar-refractivity contribution is 0.151. The monoisotopic (exact) mass is 218 g/mol. The molecule has 0 heterocycles. The largest absolute Gasteiger partial charge is 0.388 e. The molecule has 0 radical (unpaired) electrons. The molecule has 0 spiro atoms. The molecule has 2 rings (SSSR count). The van der Waals surface area contributed by atoms with E-state index in [1.807, 2.05) is 0 Å². The van der Waals surface area contributed by atoms with Crippen molar-refractivity contribution in [2.24, 2.45) is 0 Å². The van der Waals surface area contributed by atoms with Crippen molar-refractivity contribution in [3.8, 4) is 0 Å². The molecule has 0 saturated carbocycles. The van der Waals surface area contributed by atoms with Gasteiger partial charge in [-0.25, -0.2) is 0 Å². The third-order valence-corrected chi connectivity index (χ3v) is 3.93. The molecule has 0 fully saturated rings. The molecule has 0 amide bonds. The summed E-state index contributed by atoms with van der Waals surface area (Å²) in [7, 11) is 0. The fourth-order valence-corrected chi connectivity index (χ4v) is 2.82. The Bertz CT molecular complexity index is 344. The van der Waals surface area contributed by atoms with Crippen LogP contribution in [0, 0.1) is 0 Å². The summed E-state index contributed by atoms with van der Waals surface area (Å²) in [6.45, 7) is 6.68. The van der Waals surface area contributed by atoms with Crippen LogP contribution in [0.4, 0.5) is 0 Å². The van der Waals surface area contributed by atoms with Crippen LogP contribution in [-0.4, -0.2) is 5.11 Å². The van der Waals surface area contributed by atoms with E-state index in [2.05, 4.69) is 32.9 Å². The van der Waals surface area contributed by atoms with Crippen molar-refractivity contribution in [2.75, 3.05) is 0 Å². The van der Waals surface area contributed by atoms with Gasteiger partial charge in [-0.2, -0.15) is 0 Å². The van der Waals surface area contributed by atoms with E-state index >= 15 is 0 Å². The van der Waals surface area contributed by atoms with Gasteiger partial charge in [-0.1, -0.05) is 32.9 Å². The van der Waals surface area contributed by atoms with Crippen LogP contribution in [0.2, 0.25) is 0 Å². The lowest BCUT2D eigenvalue weighted by Gasteiger charge is -2.28. The quantitative estimate of drug-likeness (QED) is 0.801. The Labute approximate surface area is 98.5 Å². The van der Waals surface area contributed by atoms with Gasteiger partial charge in [0.2, 0.25) is 0 Å². The van der Waals surface area contributed by atoms with Gasteiger partial charge in [0.25, 0.3) is 0 Å². The molecular weight excluding hydrogens is 196 g/mol. The summed E-state index contributed by atoms with van der Waals surface area (Å²) in [6.07, 6.45) is 3.96. The van der Waals surface area contributed by atoms with Gasteiger partial charge in [0, 0.05) is 0 Å². The average Bonchev–Trinajstić information content (AvgIpc) is 2.32. The lowest BCUT2D eigenvalue weighted by Crippen LogP contribution is -2.14. The predicted molar refractivity (Wildman–Crippen MR) is 67.8 cm³/mol. The van der Waals surface area contributed by atoms with Gasteiger partial charge in [-0.15, -0.1) is 0 Å². The molecule has 1 unspecified atom stereocenters. The van der Waals surface area contributed by atoms with E-state index in [4.69, 9.17) is 0 Å². The zero-order chi connectivity index (χ0) is 11.7. The Morgan fingerprint density at radius 3 is 2.19 bits per heavy atom. The normalized spacial score (nSPS) is 24.2. The van der Waals surface area contributed by atoms with E-state index in [0.29, 0.717) is 5.92 Å². The zero-order valence-corrected chi connectivity index (χ0v) is 10.6. The number of rotatable bonds is 2. The van der Waals surface area contributed by atoms with Crippen molar-refractivity contribution in [2.45, 2.75) is 58.5 Å². The van der Waals surface area contributed by atoms with E-state index in [9.17, 15) is 5.11 Å². The first-order chi connectivity index (χ1) is 7.67. The molecule has 1 aliphatic carbocycles. The minimum absolute atomic E-state index is 0.234. The molecule has 1 aliphatic rings. The molecule has 1 aromatic rings. The van der Waals surface area contributed by atoms with Crippen LogP contribution in [0.3, 0.4) is 0 Å². The maximum atomic E-state index is 10.1.